The third kappa shape index (κ3) is 5.16. The Hall–Kier alpha value is -1.21. The third-order valence-corrected chi connectivity index (χ3v) is 5.34. The molecule has 2 aliphatic heterocycles. The summed E-state index contributed by atoms with van der Waals surface area (Å²) in [5, 5.41) is 14.4. The van der Waals surface area contributed by atoms with Crippen LogP contribution in [0.5, 0.6) is 0 Å². The van der Waals surface area contributed by atoms with Gasteiger partial charge in [0, 0.05) is 26.4 Å². The lowest BCUT2D eigenvalue weighted by atomic mass is 9.77. The van der Waals surface area contributed by atoms with Gasteiger partial charge < -0.3 is 20.1 Å². The predicted molar refractivity (Wildman–Crippen MR) is 100.0 cm³/mol. The smallest absolute Gasteiger partial charge is 0.226 e. The Labute approximate surface area is 160 Å². The summed E-state index contributed by atoms with van der Waals surface area (Å²) >= 11 is 0. The molecule has 26 heavy (non-hydrogen) atoms. The van der Waals surface area contributed by atoms with E-state index in [1.165, 1.54) is 12.1 Å². The quantitative estimate of drug-likeness (QED) is 0.829. The second-order valence-electron chi connectivity index (χ2n) is 7.49. The number of hydrogen-bond acceptors (Lipinski definition) is 4. The highest BCUT2D eigenvalue weighted by Gasteiger charge is 2.46. The summed E-state index contributed by atoms with van der Waals surface area (Å²) in [5.41, 5.74) is -0.558. The first kappa shape index (κ1) is 21.1. The summed E-state index contributed by atoms with van der Waals surface area (Å²) in [5.74, 6) is -0.464. The van der Waals surface area contributed by atoms with Crippen LogP contribution in [0.25, 0.3) is 0 Å². The van der Waals surface area contributed by atoms with Crippen LogP contribution in [0.3, 0.4) is 0 Å². The highest BCUT2D eigenvalue weighted by atomic mass is 35.5. The molecule has 146 valence electrons. The van der Waals surface area contributed by atoms with E-state index in [4.69, 9.17) is 4.74 Å². The number of hydrogen-bond donors (Lipinski definition) is 2. The van der Waals surface area contributed by atoms with E-state index in [0.29, 0.717) is 25.0 Å². The fourth-order valence-electron chi connectivity index (χ4n) is 4.02. The van der Waals surface area contributed by atoms with E-state index < -0.39 is 5.60 Å². The minimum absolute atomic E-state index is 0. The van der Waals surface area contributed by atoms with Gasteiger partial charge in [0.15, 0.2) is 0 Å². The molecule has 2 fully saturated rings. The number of halogens is 2. The standard InChI is InChI=1S/C19H27FN2O3.ClH/c1-22(17(23)12-15-3-2-4-16(20)11-15)14-18(24)7-10-25-19(13-18)5-8-21-9-6-19;/h2-4,11,21,24H,5-10,12-14H2,1H3;1H. The number of amides is 1. The molecule has 7 heteroatoms. The van der Waals surface area contributed by atoms with E-state index in [1.54, 1.807) is 24.1 Å². The SMILES string of the molecule is CN(CC1(O)CCOC2(CCNCC2)C1)C(=O)Cc1cccc(F)c1.Cl. The number of piperidine rings is 1. The molecule has 1 atom stereocenters. The fourth-order valence-corrected chi connectivity index (χ4v) is 4.02. The van der Waals surface area contributed by atoms with Crippen molar-refractivity contribution in [2.75, 3.05) is 33.3 Å². The van der Waals surface area contributed by atoms with Gasteiger partial charge in [-0.15, -0.1) is 12.4 Å². The van der Waals surface area contributed by atoms with E-state index in [1.807, 2.05) is 0 Å². The van der Waals surface area contributed by atoms with Crippen LogP contribution in [0.4, 0.5) is 4.39 Å². The summed E-state index contributed by atoms with van der Waals surface area (Å²) in [4.78, 5) is 14.0. The van der Waals surface area contributed by atoms with E-state index in [-0.39, 0.29) is 42.7 Å². The zero-order valence-corrected chi connectivity index (χ0v) is 16.0. The zero-order chi connectivity index (χ0) is 17.9. The van der Waals surface area contributed by atoms with Crippen LogP contribution >= 0.6 is 12.4 Å². The van der Waals surface area contributed by atoms with Crippen molar-refractivity contribution in [2.45, 2.75) is 43.3 Å². The van der Waals surface area contributed by atoms with Crippen molar-refractivity contribution in [3.63, 3.8) is 0 Å². The lowest BCUT2D eigenvalue weighted by Crippen LogP contribution is -2.57. The van der Waals surface area contributed by atoms with Crippen molar-refractivity contribution in [3.8, 4) is 0 Å². The molecule has 1 amide bonds. The fraction of sp³-hybridized carbons (Fsp3) is 0.632. The van der Waals surface area contributed by atoms with E-state index in [2.05, 4.69) is 5.32 Å². The van der Waals surface area contributed by atoms with E-state index in [9.17, 15) is 14.3 Å². The van der Waals surface area contributed by atoms with Gasteiger partial charge in [-0.1, -0.05) is 12.1 Å². The summed E-state index contributed by atoms with van der Waals surface area (Å²) in [6.45, 7) is 2.58. The molecule has 2 N–H and O–H groups in total. The molecule has 0 radical (unpaired) electrons. The number of benzene rings is 1. The van der Waals surface area contributed by atoms with Crippen molar-refractivity contribution in [2.24, 2.45) is 0 Å². The second kappa shape index (κ2) is 8.65. The average Bonchev–Trinajstić information content (AvgIpc) is 2.55. The molecule has 0 saturated carbocycles. The summed E-state index contributed by atoms with van der Waals surface area (Å²) in [6.07, 6.45) is 2.99. The van der Waals surface area contributed by atoms with Crippen molar-refractivity contribution in [1.29, 1.82) is 0 Å². The molecule has 1 aromatic carbocycles. The van der Waals surface area contributed by atoms with Gasteiger partial charge in [-0.2, -0.15) is 0 Å². The third-order valence-electron chi connectivity index (χ3n) is 5.34. The van der Waals surface area contributed by atoms with Crippen LogP contribution in [0.1, 0.15) is 31.2 Å². The van der Waals surface area contributed by atoms with Crippen LogP contribution in [-0.2, 0) is 16.0 Å². The summed E-state index contributed by atoms with van der Waals surface area (Å²) < 4.78 is 19.3. The van der Waals surface area contributed by atoms with E-state index in [0.717, 1.165) is 25.9 Å². The number of carbonyl (C=O) groups excluding carboxylic acids is 1. The molecular formula is C19H28ClFN2O3. The maximum atomic E-state index is 13.3. The van der Waals surface area contributed by atoms with Gasteiger partial charge in [0.1, 0.15) is 5.82 Å². The van der Waals surface area contributed by atoms with Gasteiger partial charge in [0.05, 0.1) is 24.2 Å². The Morgan fingerprint density at radius 2 is 2.08 bits per heavy atom. The van der Waals surface area contributed by atoms with Gasteiger partial charge in [-0.25, -0.2) is 4.39 Å². The molecule has 1 unspecified atom stereocenters. The monoisotopic (exact) mass is 386 g/mol. The molecule has 0 bridgehead atoms. The number of likely N-dealkylation sites (N-methyl/N-ethyl adjacent to an activating group) is 1. The number of carbonyl (C=O) groups is 1. The minimum Gasteiger partial charge on any atom is -0.388 e. The maximum Gasteiger partial charge on any atom is 0.226 e. The Bertz CT molecular complexity index is 619. The van der Waals surface area contributed by atoms with Crippen LogP contribution in [0.15, 0.2) is 24.3 Å². The maximum absolute atomic E-state index is 13.3. The normalized spacial score (nSPS) is 24.7. The second-order valence-corrected chi connectivity index (χ2v) is 7.49. The molecule has 5 nitrogen and oxygen atoms in total. The predicted octanol–water partition coefficient (Wildman–Crippen LogP) is 1.91. The van der Waals surface area contributed by atoms with Crippen molar-refractivity contribution >= 4 is 18.3 Å². The van der Waals surface area contributed by atoms with Crippen molar-refractivity contribution < 1.29 is 19.0 Å². The number of nitrogens with one attached hydrogen (secondary N) is 1. The lowest BCUT2D eigenvalue weighted by Gasteiger charge is -2.48. The Morgan fingerprint density at radius 1 is 1.35 bits per heavy atom. The molecule has 2 aliphatic rings. The van der Waals surface area contributed by atoms with Crippen molar-refractivity contribution in [1.82, 2.24) is 10.2 Å². The number of aliphatic hydroxyl groups is 1. The summed E-state index contributed by atoms with van der Waals surface area (Å²) in [7, 11) is 1.70. The van der Waals surface area contributed by atoms with Crippen LogP contribution in [0, 0.1) is 5.82 Å². The highest BCUT2D eigenvalue weighted by Crippen LogP contribution is 2.38. The first-order chi connectivity index (χ1) is 11.9. The Morgan fingerprint density at radius 3 is 2.77 bits per heavy atom. The van der Waals surface area contributed by atoms with Gasteiger partial charge in [-0.05, 0) is 43.6 Å². The van der Waals surface area contributed by atoms with Gasteiger partial charge >= 0.3 is 0 Å². The highest BCUT2D eigenvalue weighted by molar-refractivity contribution is 5.85. The molecule has 0 aliphatic carbocycles. The molecule has 3 rings (SSSR count). The van der Waals surface area contributed by atoms with Gasteiger partial charge in [0.25, 0.3) is 0 Å². The van der Waals surface area contributed by atoms with Gasteiger partial charge in [-0.3, -0.25) is 4.79 Å². The molecule has 0 aromatic heterocycles. The zero-order valence-electron chi connectivity index (χ0n) is 15.2. The van der Waals surface area contributed by atoms with Crippen molar-refractivity contribution in [3.05, 3.63) is 35.6 Å². The molecule has 2 heterocycles. The molecule has 1 aromatic rings. The van der Waals surface area contributed by atoms with Gasteiger partial charge in [0.2, 0.25) is 5.91 Å². The summed E-state index contributed by atoms with van der Waals surface area (Å²) in [6, 6.07) is 6.08. The molecular weight excluding hydrogens is 359 g/mol. The van der Waals surface area contributed by atoms with Crippen LogP contribution in [-0.4, -0.2) is 60.4 Å². The molecule has 1 spiro atoms. The van der Waals surface area contributed by atoms with E-state index >= 15 is 0 Å². The minimum atomic E-state index is -0.929. The Kier molecular flexibility index (Phi) is 7.02. The Balaban J connectivity index is 0.00000243. The first-order valence-electron chi connectivity index (χ1n) is 8.95. The van der Waals surface area contributed by atoms with Crippen LogP contribution in [0.2, 0.25) is 0 Å². The molecule has 2 saturated heterocycles. The largest absolute Gasteiger partial charge is 0.388 e. The number of ether oxygens (including phenoxy) is 1. The van der Waals surface area contributed by atoms with Crippen LogP contribution < -0.4 is 5.32 Å². The topological polar surface area (TPSA) is 61.8 Å². The number of rotatable bonds is 4. The first-order valence-corrected chi connectivity index (χ1v) is 8.95. The average molecular weight is 387 g/mol. The lowest BCUT2D eigenvalue weighted by molar-refractivity contribution is -0.177. The number of nitrogens with zero attached hydrogens (tertiary/aromatic N) is 1.